The maximum atomic E-state index is 13.5. The fourth-order valence-corrected chi connectivity index (χ4v) is 1.41. The Morgan fingerprint density at radius 2 is 1.93 bits per heavy atom. The van der Waals surface area contributed by atoms with Gasteiger partial charge < -0.3 is 5.32 Å². The number of nitrogens with one attached hydrogen (secondary N) is 1. The van der Waals surface area contributed by atoms with Gasteiger partial charge in [-0.25, -0.2) is 0 Å². The summed E-state index contributed by atoms with van der Waals surface area (Å²) in [6, 6.07) is 3.85. The predicted molar refractivity (Wildman–Crippen MR) is 58.9 cm³/mol. The molecule has 0 aliphatic heterocycles. The van der Waals surface area contributed by atoms with E-state index < -0.39 is 12.5 Å². The standard InChI is InChI=1S/C10H11Cl2F2N/c1-2-15-6-10(13,14)7-3-4-8(11)9(12)5-7/h3-5,15H,2,6H2,1H3. The van der Waals surface area contributed by atoms with E-state index in [4.69, 9.17) is 23.2 Å². The monoisotopic (exact) mass is 253 g/mol. The van der Waals surface area contributed by atoms with Crippen molar-refractivity contribution in [1.29, 1.82) is 0 Å². The molecular weight excluding hydrogens is 243 g/mol. The Morgan fingerprint density at radius 3 is 2.47 bits per heavy atom. The highest BCUT2D eigenvalue weighted by Crippen LogP contribution is 2.32. The molecule has 1 N–H and O–H groups in total. The summed E-state index contributed by atoms with van der Waals surface area (Å²) in [5.74, 6) is -2.93. The fraction of sp³-hybridized carbons (Fsp3) is 0.400. The molecule has 0 radical (unpaired) electrons. The van der Waals surface area contributed by atoms with E-state index in [0.29, 0.717) is 6.54 Å². The summed E-state index contributed by atoms with van der Waals surface area (Å²) in [4.78, 5) is 0. The van der Waals surface area contributed by atoms with E-state index >= 15 is 0 Å². The Balaban J connectivity index is 2.89. The molecule has 0 spiro atoms. The summed E-state index contributed by atoms with van der Waals surface area (Å²) in [7, 11) is 0. The van der Waals surface area contributed by atoms with Gasteiger partial charge in [0.2, 0.25) is 0 Å². The Kier molecular flexibility index (Phi) is 4.32. The van der Waals surface area contributed by atoms with Gasteiger partial charge in [-0.05, 0) is 18.7 Å². The Hall–Kier alpha value is -0.380. The van der Waals surface area contributed by atoms with Gasteiger partial charge in [-0.15, -0.1) is 0 Å². The molecular formula is C10H11Cl2F2N. The minimum Gasteiger partial charge on any atom is -0.311 e. The SMILES string of the molecule is CCNCC(F)(F)c1ccc(Cl)c(Cl)c1. The number of rotatable bonds is 4. The average Bonchev–Trinajstić information content (AvgIpc) is 2.19. The summed E-state index contributed by atoms with van der Waals surface area (Å²) in [6.45, 7) is 1.86. The molecule has 0 amide bonds. The summed E-state index contributed by atoms with van der Waals surface area (Å²) in [6.07, 6.45) is 0. The first kappa shape index (κ1) is 12.7. The van der Waals surface area contributed by atoms with Crippen molar-refractivity contribution in [3.8, 4) is 0 Å². The highest BCUT2D eigenvalue weighted by molar-refractivity contribution is 6.42. The van der Waals surface area contributed by atoms with Crippen molar-refractivity contribution >= 4 is 23.2 Å². The number of hydrogen-bond acceptors (Lipinski definition) is 1. The van der Waals surface area contributed by atoms with Crippen molar-refractivity contribution in [2.24, 2.45) is 0 Å². The molecule has 0 saturated heterocycles. The molecule has 1 nitrogen and oxygen atoms in total. The third-order valence-electron chi connectivity index (χ3n) is 1.94. The van der Waals surface area contributed by atoms with Crippen LogP contribution in [0.1, 0.15) is 12.5 Å². The van der Waals surface area contributed by atoms with Gasteiger partial charge >= 0.3 is 0 Å². The molecule has 0 unspecified atom stereocenters. The quantitative estimate of drug-likeness (QED) is 0.863. The fourth-order valence-electron chi connectivity index (χ4n) is 1.11. The van der Waals surface area contributed by atoms with Crippen molar-refractivity contribution in [3.05, 3.63) is 33.8 Å². The van der Waals surface area contributed by atoms with Crippen molar-refractivity contribution in [1.82, 2.24) is 5.32 Å². The lowest BCUT2D eigenvalue weighted by Gasteiger charge is -2.17. The van der Waals surface area contributed by atoms with Crippen LogP contribution in [0.25, 0.3) is 0 Å². The van der Waals surface area contributed by atoms with Crippen LogP contribution >= 0.6 is 23.2 Å². The maximum absolute atomic E-state index is 13.5. The van der Waals surface area contributed by atoms with Crippen molar-refractivity contribution in [2.45, 2.75) is 12.8 Å². The minimum atomic E-state index is -2.93. The van der Waals surface area contributed by atoms with Gasteiger partial charge in [0.1, 0.15) is 0 Å². The molecule has 1 aromatic carbocycles. The van der Waals surface area contributed by atoms with Crippen molar-refractivity contribution < 1.29 is 8.78 Å². The van der Waals surface area contributed by atoms with E-state index in [1.165, 1.54) is 18.2 Å². The average molecular weight is 254 g/mol. The van der Waals surface area contributed by atoms with Gasteiger partial charge in [-0.2, -0.15) is 8.78 Å². The normalized spacial score (nSPS) is 11.8. The Bertz CT molecular complexity index is 342. The summed E-state index contributed by atoms with van der Waals surface area (Å²) < 4.78 is 27.0. The molecule has 5 heteroatoms. The third-order valence-corrected chi connectivity index (χ3v) is 2.68. The molecule has 0 saturated carbocycles. The zero-order valence-corrected chi connectivity index (χ0v) is 9.67. The van der Waals surface area contributed by atoms with E-state index in [-0.39, 0.29) is 15.6 Å². The van der Waals surface area contributed by atoms with Crippen LogP contribution in [0.2, 0.25) is 10.0 Å². The topological polar surface area (TPSA) is 12.0 Å². The van der Waals surface area contributed by atoms with Crippen LogP contribution in [-0.4, -0.2) is 13.1 Å². The number of alkyl halides is 2. The van der Waals surface area contributed by atoms with Crippen LogP contribution in [-0.2, 0) is 5.92 Å². The lowest BCUT2D eigenvalue weighted by Crippen LogP contribution is -2.30. The van der Waals surface area contributed by atoms with E-state index in [0.717, 1.165) is 0 Å². The zero-order chi connectivity index (χ0) is 11.5. The molecule has 0 bridgehead atoms. The van der Waals surface area contributed by atoms with Crippen LogP contribution in [0.5, 0.6) is 0 Å². The molecule has 84 valence electrons. The number of benzene rings is 1. The third kappa shape index (κ3) is 3.30. The Morgan fingerprint density at radius 1 is 1.27 bits per heavy atom. The summed E-state index contributed by atoms with van der Waals surface area (Å²) >= 11 is 11.3. The van der Waals surface area contributed by atoms with Crippen molar-refractivity contribution in [3.63, 3.8) is 0 Å². The molecule has 0 aromatic heterocycles. The molecule has 0 atom stereocenters. The van der Waals surface area contributed by atoms with Gasteiger partial charge in [-0.3, -0.25) is 0 Å². The first-order valence-corrected chi connectivity index (χ1v) is 5.27. The molecule has 0 heterocycles. The van der Waals surface area contributed by atoms with Gasteiger partial charge in [-0.1, -0.05) is 36.2 Å². The molecule has 1 aromatic rings. The van der Waals surface area contributed by atoms with Crippen LogP contribution in [0.4, 0.5) is 8.78 Å². The van der Waals surface area contributed by atoms with Gasteiger partial charge in [0.25, 0.3) is 5.92 Å². The highest BCUT2D eigenvalue weighted by Gasteiger charge is 2.31. The van der Waals surface area contributed by atoms with E-state index in [9.17, 15) is 8.78 Å². The number of likely N-dealkylation sites (N-methyl/N-ethyl adjacent to an activating group) is 1. The second-order valence-electron chi connectivity index (χ2n) is 3.11. The van der Waals surface area contributed by atoms with Gasteiger partial charge in [0, 0.05) is 5.56 Å². The molecule has 0 aliphatic rings. The lowest BCUT2D eigenvalue weighted by molar-refractivity contribution is -0.00259. The zero-order valence-electron chi connectivity index (χ0n) is 8.16. The first-order valence-electron chi connectivity index (χ1n) is 4.51. The molecule has 15 heavy (non-hydrogen) atoms. The van der Waals surface area contributed by atoms with Crippen LogP contribution < -0.4 is 5.32 Å². The smallest absolute Gasteiger partial charge is 0.285 e. The Labute approximate surface area is 97.4 Å². The second-order valence-corrected chi connectivity index (χ2v) is 3.93. The van der Waals surface area contributed by atoms with Crippen molar-refractivity contribution in [2.75, 3.05) is 13.1 Å². The molecule has 1 rings (SSSR count). The van der Waals surface area contributed by atoms with E-state index in [1.54, 1.807) is 6.92 Å². The number of halogens is 4. The van der Waals surface area contributed by atoms with Gasteiger partial charge in [0.15, 0.2) is 0 Å². The number of hydrogen-bond donors (Lipinski definition) is 1. The molecule has 0 fully saturated rings. The van der Waals surface area contributed by atoms with Gasteiger partial charge in [0.05, 0.1) is 16.6 Å². The summed E-state index contributed by atoms with van der Waals surface area (Å²) in [5, 5.41) is 3.02. The van der Waals surface area contributed by atoms with Crippen LogP contribution in [0, 0.1) is 0 Å². The molecule has 0 aliphatic carbocycles. The second kappa shape index (κ2) is 5.10. The highest BCUT2D eigenvalue weighted by atomic mass is 35.5. The van der Waals surface area contributed by atoms with Crippen LogP contribution in [0.15, 0.2) is 18.2 Å². The minimum absolute atomic E-state index is 0.127. The van der Waals surface area contributed by atoms with Crippen LogP contribution in [0.3, 0.4) is 0 Å². The maximum Gasteiger partial charge on any atom is 0.285 e. The summed E-state index contributed by atoms with van der Waals surface area (Å²) in [5.41, 5.74) is -0.127. The first-order chi connectivity index (χ1) is 6.97. The van der Waals surface area contributed by atoms with E-state index in [2.05, 4.69) is 5.32 Å². The lowest BCUT2D eigenvalue weighted by atomic mass is 10.1. The van der Waals surface area contributed by atoms with E-state index in [1.807, 2.05) is 0 Å². The largest absolute Gasteiger partial charge is 0.311 e. The predicted octanol–water partition coefficient (Wildman–Crippen LogP) is 3.69.